The lowest BCUT2D eigenvalue weighted by atomic mass is 10.1. The van der Waals surface area contributed by atoms with Gasteiger partial charge in [0.1, 0.15) is 11.5 Å². The lowest BCUT2D eigenvalue weighted by Crippen LogP contribution is -2.27. The first-order chi connectivity index (χ1) is 15.7. The van der Waals surface area contributed by atoms with E-state index in [9.17, 15) is 4.79 Å². The van der Waals surface area contributed by atoms with Crippen molar-refractivity contribution in [2.45, 2.75) is 19.4 Å². The first kappa shape index (κ1) is 21.5. The van der Waals surface area contributed by atoms with Crippen LogP contribution in [0.5, 0.6) is 11.5 Å². The predicted molar refractivity (Wildman–Crippen MR) is 127 cm³/mol. The van der Waals surface area contributed by atoms with Crippen LogP contribution in [0.3, 0.4) is 0 Å². The SMILES string of the molecule is COc1cc(Cn2cc(CC(=O)NCCc3ccccc3)c3ccccc32)cc(OC)c1. The van der Waals surface area contributed by atoms with Crippen LogP contribution in [0, 0.1) is 0 Å². The number of nitrogens with one attached hydrogen (secondary N) is 1. The molecule has 3 aromatic carbocycles. The summed E-state index contributed by atoms with van der Waals surface area (Å²) >= 11 is 0. The Bertz CT molecular complexity index is 1180. The number of amides is 1. The summed E-state index contributed by atoms with van der Waals surface area (Å²) in [4.78, 5) is 12.6. The number of fused-ring (bicyclic) bond motifs is 1. The summed E-state index contributed by atoms with van der Waals surface area (Å²) in [7, 11) is 3.30. The minimum atomic E-state index is 0.0342. The molecule has 0 spiro atoms. The molecule has 4 aromatic rings. The second-order valence-electron chi connectivity index (χ2n) is 7.78. The predicted octanol–water partition coefficient (Wildman–Crippen LogP) is 4.61. The molecule has 0 saturated heterocycles. The van der Waals surface area contributed by atoms with E-state index in [2.05, 4.69) is 40.3 Å². The number of rotatable bonds is 9. The number of aromatic nitrogens is 1. The van der Waals surface area contributed by atoms with Crippen LogP contribution in [0.4, 0.5) is 0 Å². The maximum absolute atomic E-state index is 12.6. The minimum absolute atomic E-state index is 0.0342. The van der Waals surface area contributed by atoms with Crippen LogP contribution < -0.4 is 14.8 Å². The summed E-state index contributed by atoms with van der Waals surface area (Å²) in [5.74, 6) is 1.55. The van der Waals surface area contributed by atoms with E-state index in [0.717, 1.165) is 39.9 Å². The number of carbonyl (C=O) groups excluding carboxylic acids is 1. The fraction of sp³-hybridized carbons (Fsp3) is 0.222. The molecular formula is C27H28N2O3. The highest BCUT2D eigenvalue weighted by Crippen LogP contribution is 2.26. The zero-order chi connectivity index (χ0) is 22.3. The Labute approximate surface area is 188 Å². The lowest BCUT2D eigenvalue weighted by Gasteiger charge is -2.10. The van der Waals surface area contributed by atoms with Crippen LogP contribution in [-0.4, -0.2) is 31.2 Å². The topological polar surface area (TPSA) is 52.5 Å². The van der Waals surface area contributed by atoms with Crippen molar-refractivity contribution in [2.24, 2.45) is 0 Å². The number of hydrogen-bond acceptors (Lipinski definition) is 3. The number of nitrogens with zero attached hydrogens (tertiary/aromatic N) is 1. The van der Waals surface area contributed by atoms with Crippen molar-refractivity contribution in [1.82, 2.24) is 9.88 Å². The smallest absolute Gasteiger partial charge is 0.224 e. The van der Waals surface area contributed by atoms with Crippen molar-refractivity contribution in [3.05, 3.63) is 95.7 Å². The number of ether oxygens (including phenoxy) is 2. The quantitative estimate of drug-likeness (QED) is 0.424. The van der Waals surface area contributed by atoms with E-state index in [4.69, 9.17) is 9.47 Å². The summed E-state index contributed by atoms with van der Waals surface area (Å²) in [5.41, 5.74) is 4.41. The molecule has 0 fully saturated rings. The van der Waals surface area contributed by atoms with Gasteiger partial charge in [0.15, 0.2) is 0 Å². The summed E-state index contributed by atoms with van der Waals surface area (Å²) in [6.45, 7) is 1.29. The van der Waals surface area contributed by atoms with Gasteiger partial charge in [0.05, 0.1) is 20.6 Å². The Kier molecular flexibility index (Phi) is 6.75. The van der Waals surface area contributed by atoms with Crippen molar-refractivity contribution in [1.29, 1.82) is 0 Å². The normalized spacial score (nSPS) is 10.8. The average Bonchev–Trinajstić information content (AvgIpc) is 3.16. The highest BCUT2D eigenvalue weighted by molar-refractivity contribution is 5.89. The molecule has 0 atom stereocenters. The van der Waals surface area contributed by atoms with Crippen LogP contribution in [0.15, 0.2) is 79.0 Å². The van der Waals surface area contributed by atoms with Crippen LogP contribution >= 0.6 is 0 Å². The Morgan fingerprint density at radius 1 is 0.875 bits per heavy atom. The van der Waals surface area contributed by atoms with Gasteiger partial charge in [-0.15, -0.1) is 0 Å². The monoisotopic (exact) mass is 428 g/mol. The highest BCUT2D eigenvalue weighted by Gasteiger charge is 2.13. The molecule has 0 aliphatic heterocycles. The maximum Gasteiger partial charge on any atom is 0.224 e. The molecule has 5 heteroatoms. The van der Waals surface area contributed by atoms with Gasteiger partial charge in [-0.1, -0.05) is 48.5 Å². The first-order valence-electron chi connectivity index (χ1n) is 10.8. The summed E-state index contributed by atoms with van der Waals surface area (Å²) in [5, 5.41) is 4.15. The van der Waals surface area contributed by atoms with Crippen molar-refractivity contribution in [2.75, 3.05) is 20.8 Å². The van der Waals surface area contributed by atoms with E-state index in [-0.39, 0.29) is 5.91 Å². The van der Waals surface area contributed by atoms with E-state index >= 15 is 0 Å². The Morgan fingerprint density at radius 2 is 1.56 bits per heavy atom. The van der Waals surface area contributed by atoms with Gasteiger partial charge in [-0.2, -0.15) is 0 Å². The number of methoxy groups -OCH3 is 2. The Balaban J connectivity index is 1.49. The van der Waals surface area contributed by atoms with Gasteiger partial charge in [-0.3, -0.25) is 4.79 Å². The number of para-hydroxylation sites is 1. The van der Waals surface area contributed by atoms with Gasteiger partial charge in [-0.25, -0.2) is 0 Å². The zero-order valence-corrected chi connectivity index (χ0v) is 18.5. The second-order valence-corrected chi connectivity index (χ2v) is 7.78. The molecule has 1 heterocycles. The van der Waals surface area contributed by atoms with Gasteiger partial charge in [0, 0.05) is 36.3 Å². The molecule has 5 nitrogen and oxygen atoms in total. The molecule has 32 heavy (non-hydrogen) atoms. The third-order valence-corrected chi connectivity index (χ3v) is 5.56. The summed E-state index contributed by atoms with van der Waals surface area (Å²) in [6.07, 6.45) is 3.25. The van der Waals surface area contributed by atoms with Crippen LogP contribution in [0.2, 0.25) is 0 Å². The average molecular weight is 429 g/mol. The van der Waals surface area contributed by atoms with E-state index in [0.29, 0.717) is 19.5 Å². The number of carbonyl (C=O) groups is 1. The Hall–Kier alpha value is -3.73. The van der Waals surface area contributed by atoms with Gasteiger partial charge in [-0.05, 0) is 41.3 Å². The molecule has 0 bridgehead atoms. The lowest BCUT2D eigenvalue weighted by molar-refractivity contribution is -0.120. The molecule has 0 radical (unpaired) electrons. The van der Waals surface area contributed by atoms with Crippen LogP contribution in [0.1, 0.15) is 16.7 Å². The van der Waals surface area contributed by atoms with E-state index in [1.165, 1.54) is 5.56 Å². The second kappa shape index (κ2) is 10.1. The van der Waals surface area contributed by atoms with Crippen molar-refractivity contribution in [3.63, 3.8) is 0 Å². The molecule has 0 saturated carbocycles. The van der Waals surface area contributed by atoms with E-state index in [1.807, 2.05) is 48.5 Å². The molecule has 4 rings (SSSR count). The molecular weight excluding hydrogens is 400 g/mol. The van der Waals surface area contributed by atoms with Crippen molar-refractivity contribution >= 4 is 16.8 Å². The number of benzene rings is 3. The fourth-order valence-electron chi connectivity index (χ4n) is 3.98. The first-order valence-corrected chi connectivity index (χ1v) is 10.8. The molecule has 164 valence electrons. The molecule has 0 unspecified atom stereocenters. The minimum Gasteiger partial charge on any atom is -0.497 e. The molecule has 1 amide bonds. The van der Waals surface area contributed by atoms with Gasteiger partial charge in [0.2, 0.25) is 5.91 Å². The van der Waals surface area contributed by atoms with Crippen LogP contribution in [0.25, 0.3) is 10.9 Å². The Morgan fingerprint density at radius 3 is 2.28 bits per heavy atom. The number of hydrogen-bond donors (Lipinski definition) is 1. The van der Waals surface area contributed by atoms with Gasteiger partial charge >= 0.3 is 0 Å². The maximum atomic E-state index is 12.6. The summed E-state index contributed by atoms with van der Waals surface area (Å²) in [6, 6.07) is 24.3. The van der Waals surface area contributed by atoms with E-state index < -0.39 is 0 Å². The molecule has 1 aromatic heterocycles. The molecule has 0 aliphatic carbocycles. The van der Waals surface area contributed by atoms with Crippen LogP contribution in [-0.2, 0) is 24.2 Å². The summed E-state index contributed by atoms with van der Waals surface area (Å²) < 4.78 is 13.0. The molecule has 0 aliphatic rings. The van der Waals surface area contributed by atoms with Crippen molar-refractivity contribution < 1.29 is 14.3 Å². The van der Waals surface area contributed by atoms with Crippen molar-refractivity contribution in [3.8, 4) is 11.5 Å². The third-order valence-electron chi connectivity index (χ3n) is 5.56. The largest absolute Gasteiger partial charge is 0.497 e. The van der Waals surface area contributed by atoms with Gasteiger partial charge < -0.3 is 19.4 Å². The zero-order valence-electron chi connectivity index (χ0n) is 18.5. The molecule has 1 N–H and O–H groups in total. The highest BCUT2D eigenvalue weighted by atomic mass is 16.5. The fourth-order valence-corrected chi connectivity index (χ4v) is 3.98. The third kappa shape index (κ3) is 5.11. The van der Waals surface area contributed by atoms with E-state index in [1.54, 1.807) is 14.2 Å². The van der Waals surface area contributed by atoms with Gasteiger partial charge in [0.25, 0.3) is 0 Å². The standard InChI is InChI=1S/C27H28N2O3/c1-31-23-14-21(15-24(17-23)32-2)18-29-19-22(25-10-6-7-11-26(25)29)16-27(30)28-13-12-20-8-4-3-5-9-20/h3-11,14-15,17,19H,12-13,16,18H2,1-2H3,(H,28,30).